The summed E-state index contributed by atoms with van der Waals surface area (Å²) in [6, 6.07) is 22.1. The SMILES string of the molecule is COc1ccc([C@H](c2ccc(Cl)cc2)[C@H](N)C(=O)Nc2cccc(F)c2CCC[C@H]2CNCCN2S(=O)(=O)c2ccccc2)cn1. The molecule has 4 aromatic rings. The molecular weight excluding hydrogens is 629 g/mol. The van der Waals surface area contributed by atoms with Crippen LogP contribution in [0.2, 0.25) is 5.02 Å². The lowest BCUT2D eigenvalue weighted by Gasteiger charge is -2.35. The molecule has 0 spiro atoms. The monoisotopic (exact) mass is 665 g/mol. The third kappa shape index (κ3) is 7.73. The Balaban J connectivity index is 1.31. The van der Waals surface area contributed by atoms with Gasteiger partial charge in [0.15, 0.2) is 0 Å². The van der Waals surface area contributed by atoms with Crippen LogP contribution in [0.5, 0.6) is 5.88 Å². The summed E-state index contributed by atoms with van der Waals surface area (Å²) < 4.78 is 48.7. The Kier molecular flexibility index (Phi) is 11.0. The van der Waals surface area contributed by atoms with E-state index in [1.165, 1.54) is 23.5 Å². The number of nitrogens with one attached hydrogen (secondary N) is 2. The summed E-state index contributed by atoms with van der Waals surface area (Å²) in [6.07, 6.45) is 2.90. The van der Waals surface area contributed by atoms with Gasteiger partial charge in [-0.25, -0.2) is 17.8 Å². The van der Waals surface area contributed by atoms with Gasteiger partial charge in [0, 0.05) is 60.1 Å². The fraction of sp³-hybridized carbons (Fsp3) is 0.294. The molecule has 1 aliphatic heterocycles. The number of ether oxygens (including phenoxy) is 1. The highest BCUT2D eigenvalue weighted by molar-refractivity contribution is 7.89. The molecule has 0 bridgehead atoms. The first kappa shape index (κ1) is 33.5. The molecule has 0 aliphatic carbocycles. The van der Waals surface area contributed by atoms with Crippen LogP contribution < -0.4 is 21.1 Å². The molecule has 5 rings (SSSR count). The van der Waals surface area contributed by atoms with Crippen molar-refractivity contribution in [3.8, 4) is 5.88 Å². The van der Waals surface area contributed by atoms with Crippen LogP contribution in [0.25, 0.3) is 0 Å². The predicted molar refractivity (Wildman–Crippen MR) is 177 cm³/mol. The quantitative estimate of drug-likeness (QED) is 0.195. The number of hydrogen-bond acceptors (Lipinski definition) is 7. The molecule has 0 radical (unpaired) electrons. The average molecular weight is 666 g/mol. The number of amides is 1. The van der Waals surface area contributed by atoms with Gasteiger partial charge in [0.05, 0.1) is 18.0 Å². The summed E-state index contributed by atoms with van der Waals surface area (Å²) in [7, 11) is -2.16. The number of nitrogens with two attached hydrogens (primary N) is 1. The Morgan fingerprint density at radius 3 is 2.52 bits per heavy atom. The summed E-state index contributed by atoms with van der Waals surface area (Å²) in [4.78, 5) is 18.2. The van der Waals surface area contributed by atoms with Gasteiger partial charge in [-0.2, -0.15) is 4.31 Å². The molecule has 2 heterocycles. The summed E-state index contributed by atoms with van der Waals surface area (Å²) >= 11 is 6.12. The number of aromatic nitrogens is 1. The van der Waals surface area contributed by atoms with Gasteiger partial charge in [0.1, 0.15) is 5.82 Å². The van der Waals surface area contributed by atoms with E-state index in [4.69, 9.17) is 22.1 Å². The van der Waals surface area contributed by atoms with Gasteiger partial charge in [-0.05, 0) is 66.8 Å². The number of methoxy groups -OCH3 is 1. The van der Waals surface area contributed by atoms with Crippen molar-refractivity contribution in [2.24, 2.45) is 5.73 Å². The van der Waals surface area contributed by atoms with Crippen molar-refractivity contribution in [2.45, 2.75) is 42.2 Å². The first-order valence-electron chi connectivity index (χ1n) is 15.1. The van der Waals surface area contributed by atoms with E-state index < -0.39 is 33.7 Å². The van der Waals surface area contributed by atoms with Crippen molar-refractivity contribution in [2.75, 3.05) is 32.1 Å². The van der Waals surface area contributed by atoms with E-state index in [1.807, 2.05) is 0 Å². The number of hydrogen-bond donors (Lipinski definition) is 3. The Bertz CT molecular complexity index is 1730. The standard InChI is InChI=1S/C34H37ClFN5O4S/c1-45-31-18-15-24(21-39-31)32(23-13-16-25(35)17-14-23)33(37)34(42)40-30-12-6-11-29(36)28(30)10-5-7-26-22-38-19-20-41(26)46(43,44)27-8-3-2-4-9-27/h2-4,6,8-9,11-18,21,26,32-33,38H,5,7,10,19-20,22,37H2,1H3,(H,40,42)/t26-,32-,33-/m0/s1. The lowest BCUT2D eigenvalue weighted by molar-refractivity contribution is -0.117. The molecule has 46 heavy (non-hydrogen) atoms. The largest absolute Gasteiger partial charge is 0.481 e. The Morgan fingerprint density at radius 1 is 1.09 bits per heavy atom. The van der Waals surface area contributed by atoms with Gasteiger partial charge < -0.3 is 21.1 Å². The molecule has 1 aromatic heterocycles. The van der Waals surface area contributed by atoms with E-state index in [-0.39, 0.29) is 17.4 Å². The van der Waals surface area contributed by atoms with Crippen LogP contribution in [0, 0.1) is 5.82 Å². The molecule has 1 aliphatic rings. The molecule has 1 amide bonds. The smallest absolute Gasteiger partial charge is 0.243 e. The molecule has 1 fully saturated rings. The molecular formula is C34H37ClFN5O4S. The van der Waals surface area contributed by atoms with E-state index in [0.29, 0.717) is 60.2 Å². The molecule has 4 N–H and O–H groups in total. The summed E-state index contributed by atoms with van der Waals surface area (Å²) in [5.41, 5.74) is 8.71. The number of sulfonamides is 1. The van der Waals surface area contributed by atoms with Crippen LogP contribution in [0.1, 0.15) is 35.4 Å². The zero-order chi connectivity index (χ0) is 32.7. The van der Waals surface area contributed by atoms with E-state index >= 15 is 4.39 Å². The van der Waals surface area contributed by atoms with Gasteiger partial charge in [-0.15, -0.1) is 0 Å². The Morgan fingerprint density at radius 2 is 1.83 bits per heavy atom. The van der Waals surface area contributed by atoms with Gasteiger partial charge in [-0.1, -0.05) is 54.1 Å². The van der Waals surface area contributed by atoms with Crippen LogP contribution in [0.4, 0.5) is 10.1 Å². The minimum absolute atomic E-state index is 0.250. The maximum Gasteiger partial charge on any atom is 0.243 e. The maximum absolute atomic E-state index is 15.2. The van der Waals surface area contributed by atoms with Gasteiger partial charge >= 0.3 is 0 Å². The van der Waals surface area contributed by atoms with Gasteiger partial charge in [-0.3, -0.25) is 4.79 Å². The molecule has 12 heteroatoms. The highest BCUT2D eigenvalue weighted by atomic mass is 35.5. The Labute approximate surface area is 274 Å². The summed E-state index contributed by atoms with van der Waals surface area (Å²) in [6.45, 7) is 1.39. The maximum atomic E-state index is 15.2. The van der Waals surface area contributed by atoms with E-state index in [9.17, 15) is 13.2 Å². The Hall–Kier alpha value is -3.87. The number of carbonyl (C=O) groups is 1. The van der Waals surface area contributed by atoms with E-state index in [1.54, 1.807) is 79.0 Å². The van der Waals surface area contributed by atoms with Crippen molar-refractivity contribution >= 4 is 33.2 Å². The lowest BCUT2D eigenvalue weighted by Crippen LogP contribution is -2.53. The highest BCUT2D eigenvalue weighted by Gasteiger charge is 2.33. The third-order valence-electron chi connectivity index (χ3n) is 8.21. The zero-order valence-electron chi connectivity index (χ0n) is 25.4. The number of rotatable bonds is 12. The van der Waals surface area contributed by atoms with Gasteiger partial charge in [0.2, 0.25) is 21.8 Å². The predicted octanol–water partition coefficient (Wildman–Crippen LogP) is 4.97. The fourth-order valence-corrected chi connectivity index (χ4v) is 7.62. The van der Waals surface area contributed by atoms with Gasteiger partial charge in [0.25, 0.3) is 0 Å². The molecule has 1 saturated heterocycles. The zero-order valence-corrected chi connectivity index (χ0v) is 27.0. The molecule has 3 atom stereocenters. The molecule has 0 saturated carbocycles. The molecule has 3 aromatic carbocycles. The summed E-state index contributed by atoms with van der Waals surface area (Å²) in [5, 5.41) is 6.67. The topological polar surface area (TPSA) is 127 Å². The number of anilines is 1. The second-order valence-electron chi connectivity index (χ2n) is 11.1. The number of piperazine rings is 1. The van der Waals surface area contributed by atoms with Crippen molar-refractivity contribution < 1.29 is 22.3 Å². The third-order valence-corrected chi connectivity index (χ3v) is 10.4. The molecule has 0 unspecified atom stereocenters. The first-order valence-corrected chi connectivity index (χ1v) is 16.9. The van der Waals surface area contributed by atoms with Crippen LogP contribution in [0.15, 0.2) is 96.0 Å². The average Bonchev–Trinajstić information content (AvgIpc) is 3.07. The normalized spacial score (nSPS) is 16.8. The van der Waals surface area contributed by atoms with E-state index in [0.717, 1.165) is 5.56 Å². The summed E-state index contributed by atoms with van der Waals surface area (Å²) in [5.74, 6) is -1.12. The number of pyridine rings is 1. The number of carbonyl (C=O) groups excluding carboxylic acids is 1. The second-order valence-corrected chi connectivity index (χ2v) is 13.5. The highest BCUT2D eigenvalue weighted by Crippen LogP contribution is 2.31. The van der Waals surface area contributed by atoms with Crippen molar-refractivity contribution in [1.82, 2.24) is 14.6 Å². The lowest BCUT2D eigenvalue weighted by atomic mass is 9.85. The first-order chi connectivity index (χ1) is 22.2. The van der Waals surface area contributed by atoms with Crippen LogP contribution >= 0.6 is 11.6 Å². The number of halogens is 2. The number of benzene rings is 3. The minimum atomic E-state index is -3.68. The van der Waals surface area contributed by atoms with Crippen LogP contribution in [0.3, 0.4) is 0 Å². The minimum Gasteiger partial charge on any atom is -0.481 e. The number of nitrogens with zero attached hydrogens (tertiary/aromatic N) is 2. The second kappa shape index (κ2) is 15.1. The van der Waals surface area contributed by atoms with Crippen molar-refractivity contribution in [1.29, 1.82) is 0 Å². The van der Waals surface area contributed by atoms with E-state index in [2.05, 4.69) is 15.6 Å². The van der Waals surface area contributed by atoms with Crippen LogP contribution in [-0.2, 0) is 21.2 Å². The molecule has 242 valence electrons. The van der Waals surface area contributed by atoms with Crippen molar-refractivity contribution in [3.63, 3.8) is 0 Å². The molecule has 9 nitrogen and oxygen atoms in total. The fourth-order valence-electron chi connectivity index (χ4n) is 5.82. The van der Waals surface area contributed by atoms with Crippen molar-refractivity contribution in [3.05, 3.63) is 119 Å². The van der Waals surface area contributed by atoms with Crippen LogP contribution in [-0.4, -0.2) is 62.4 Å².